The number of benzene rings is 2. The number of phenolic OH excluding ortho intramolecular Hbond substituents is 1. The van der Waals surface area contributed by atoms with E-state index in [9.17, 15) is 5.11 Å². The number of aromatic nitrogens is 2. The van der Waals surface area contributed by atoms with E-state index in [-0.39, 0.29) is 11.9 Å². The van der Waals surface area contributed by atoms with Crippen LogP contribution < -0.4 is 4.74 Å². The van der Waals surface area contributed by atoms with E-state index in [0.29, 0.717) is 0 Å². The number of hydrogen-bond donors (Lipinski definition) is 1. The molecule has 2 heterocycles. The molecule has 1 N–H and O–H groups in total. The number of aromatic hydroxyl groups is 1. The van der Waals surface area contributed by atoms with Crippen LogP contribution in [0.5, 0.6) is 11.5 Å². The highest BCUT2D eigenvalue weighted by molar-refractivity contribution is 5.72. The van der Waals surface area contributed by atoms with Crippen LogP contribution in [0.4, 0.5) is 0 Å². The SMILES string of the molecule is Cc1c(-c2ccc(OC(C)C)cc2)ccc2ncc(-c3ccc(O)cc3)n12. The van der Waals surface area contributed by atoms with Crippen molar-refractivity contribution in [1.29, 1.82) is 0 Å². The highest BCUT2D eigenvalue weighted by Gasteiger charge is 2.12. The summed E-state index contributed by atoms with van der Waals surface area (Å²) in [4.78, 5) is 4.54. The molecule has 0 atom stereocenters. The molecule has 136 valence electrons. The van der Waals surface area contributed by atoms with Crippen LogP contribution in [0, 0.1) is 6.92 Å². The minimum Gasteiger partial charge on any atom is -0.508 e. The summed E-state index contributed by atoms with van der Waals surface area (Å²) in [5.41, 5.74) is 6.32. The van der Waals surface area contributed by atoms with Crippen LogP contribution in [-0.4, -0.2) is 20.6 Å². The number of pyridine rings is 1. The Hall–Kier alpha value is -3.27. The van der Waals surface area contributed by atoms with Gasteiger partial charge in [-0.3, -0.25) is 4.40 Å². The maximum absolute atomic E-state index is 9.56. The van der Waals surface area contributed by atoms with Crippen LogP contribution in [0.15, 0.2) is 66.9 Å². The molecule has 0 bridgehead atoms. The fourth-order valence-corrected chi connectivity index (χ4v) is 3.36. The quantitative estimate of drug-likeness (QED) is 0.526. The molecule has 4 heteroatoms. The second kappa shape index (κ2) is 6.80. The predicted octanol–water partition coefficient (Wildman–Crippen LogP) is 5.47. The summed E-state index contributed by atoms with van der Waals surface area (Å²) in [5, 5.41) is 9.56. The van der Waals surface area contributed by atoms with E-state index < -0.39 is 0 Å². The van der Waals surface area contributed by atoms with Crippen LogP contribution in [0.2, 0.25) is 0 Å². The molecule has 0 saturated carbocycles. The Morgan fingerprint density at radius 1 is 0.889 bits per heavy atom. The molecule has 4 nitrogen and oxygen atoms in total. The zero-order valence-electron chi connectivity index (χ0n) is 15.7. The largest absolute Gasteiger partial charge is 0.508 e. The van der Waals surface area contributed by atoms with Gasteiger partial charge in [-0.1, -0.05) is 12.1 Å². The molecule has 0 amide bonds. The fourth-order valence-electron chi connectivity index (χ4n) is 3.36. The first kappa shape index (κ1) is 17.2. The van der Waals surface area contributed by atoms with Gasteiger partial charge in [0.05, 0.1) is 18.0 Å². The lowest BCUT2D eigenvalue weighted by molar-refractivity contribution is 0.242. The van der Waals surface area contributed by atoms with Crippen molar-refractivity contribution in [1.82, 2.24) is 9.38 Å². The van der Waals surface area contributed by atoms with Crippen molar-refractivity contribution in [2.75, 3.05) is 0 Å². The summed E-state index contributed by atoms with van der Waals surface area (Å²) >= 11 is 0. The minimum atomic E-state index is 0.160. The molecule has 0 radical (unpaired) electrons. The van der Waals surface area contributed by atoms with E-state index in [1.165, 1.54) is 0 Å². The van der Waals surface area contributed by atoms with Crippen molar-refractivity contribution < 1.29 is 9.84 Å². The zero-order chi connectivity index (χ0) is 19.0. The van der Waals surface area contributed by atoms with Gasteiger partial charge in [0.2, 0.25) is 0 Å². The first-order chi connectivity index (χ1) is 13.0. The topological polar surface area (TPSA) is 46.8 Å². The van der Waals surface area contributed by atoms with Gasteiger partial charge in [0.15, 0.2) is 0 Å². The molecule has 0 aliphatic carbocycles. The summed E-state index contributed by atoms with van der Waals surface area (Å²) in [7, 11) is 0. The molecule has 0 unspecified atom stereocenters. The lowest BCUT2D eigenvalue weighted by atomic mass is 10.0. The Labute approximate surface area is 158 Å². The third-order valence-electron chi connectivity index (χ3n) is 4.61. The number of ether oxygens (including phenoxy) is 1. The summed E-state index contributed by atoms with van der Waals surface area (Å²) in [6.07, 6.45) is 2.03. The number of aryl methyl sites for hydroxylation is 1. The van der Waals surface area contributed by atoms with Gasteiger partial charge in [-0.25, -0.2) is 4.98 Å². The lowest BCUT2D eigenvalue weighted by Crippen LogP contribution is -2.05. The Morgan fingerprint density at radius 3 is 2.22 bits per heavy atom. The Morgan fingerprint density at radius 2 is 1.56 bits per heavy atom. The van der Waals surface area contributed by atoms with E-state index in [0.717, 1.165) is 39.5 Å². The molecule has 0 fully saturated rings. The molecule has 2 aromatic heterocycles. The second-order valence-electron chi connectivity index (χ2n) is 6.91. The fraction of sp³-hybridized carbons (Fsp3) is 0.174. The first-order valence-electron chi connectivity index (χ1n) is 9.06. The van der Waals surface area contributed by atoms with Gasteiger partial charge in [0.1, 0.15) is 17.1 Å². The van der Waals surface area contributed by atoms with Crippen molar-refractivity contribution >= 4 is 5.65 Å². The Kier molecular flexibility index (Phi) is 4.32. The number of rotatable bonds is 4. The minimum absolute atomic E-state index is 0.160. The van der Waals surface area contributed by atoms with Gasteiger partial charge in [-0.15, -0.1) is 0 Å². The van der Waals surface area contributed by atoms with Gasteiger partial charge >= 0.3 is 0 Å². The van der Waals surface area contributed by atoms with Gasteiger partial charge in [0, 0.05) is 16.8 Å². The number of fused-ring (bicyclic) bond motifs is 1. The zero-order valence-corrected chi connectivity index (χ0v) is 15.7. The van der Waals surface area contributed by atoms with Crippen molar-refractivity contribution in [2.45, 2.75) is 26.9 Å². The van der Waals surface area contributed by atoms with Crippen molar-refractivity contribution in [2.24, 2.45) is 0 Å². The molecule has 0 aliphatic heterocycles. The third-order valence-corrected chi connectivity index (χ3v) is 4.61. The Balaban J connectivity index is 1.80. The van der Waals surface area contributed by atoms with Crippen LogP contribution in [-0.2, 0) is 0 Å². The highest BCUT2D eigenvalue weighted by Crippen LogP contribution is 2.30. The second-order valence-corrected chi connectivity index (χ2v) is 6.91. The maximum Gasteiger partial charge on any atom is 0.137 e. The molecule has 0 aliphatic rings. The smallest absolute Gasteiger partial charge is 0.137 e. The van der Waals surface area contributed by atoms with E-state index >= 15 is 0 Å². The molecular weight excluding hydrogens is 336 g/mol. The summed E-state index contributed by atoms with van der Waals surface area (Å²) in [6.45, 7) is 6.15. The van der Waals surface area contributed by atoms with E-state index in [1.54, 1.807) is 12.1 Å². The van der Waals surface area contributed by atoms with E-state index in [4.69, 9.17) is 4.74 Å². The van der Waals surface area contributed by atoms with Crippen molar-refractivity contribution in [3.63, 3.8) is 0 Å². The van der Waals surface area contributed by atoms with Gasteiger partial charge in [0.25, 0.3) is 0 Å². The highest BCUT2D eigenvalue weighted by atomic mass is 16.5. The summed E-state index contributed by atoms with van der Waals surface area (Å²) in [6, 6.07) is 19.5. The molecule has 0 saturated heterocycles. The van der Waals surface area contributed by atoms with Gasteiger partial charge in [-0.2, -0.15) is 0 Å². The first-order valence-corrected chi connectivity index (χ1v) is 9.06. The molecule has 27 heavy (non-hydrogen) atoms. The number of hydrogen-bond acceptors (Lipinski definition) is 3. The summed E-state index contributed by atoms with van der Waals surface area (Å²) in [5.74, 6) is 1.13. The summed E-state index contributed by atoms with van der Waals surface area (Å²) < 4.78 is 7.90. The van der Waals surface area contributed by atoms with Crippen LogP contribution in [0.25, 0.3) is 28.0 Å². The molecule has 4 rings (SSSR count). The van der Waals surface area contributed by atoms with Gasteiger partial charge in [-0.05, 0) is 74.9 Å². The van der Waals surface area contributed by atoms with E-state index in [2.05, 4.69) is 34.5 Å². The molecule has 2 aromatic carbocycles. The average molecular weight is 358 g/mol. The molecular formula is C23H22N2O2. The third kappa shape index (κ3) is 3.26. The lowest BCUT2D eigenvalue weighted by Gasteiger charge is -2.13. The number of nitrogens with zero attached hydrogens (tertiary/aromatic N) is 2. The van der Waals surface area contributed by atoms with Crippen LogP contribution in [0.3, 0.4) is 0 Å². The molecule has 4 aromatic rings. The number of phenols is 1. The maximum atomic E-state index is 9.56. The Bertz CT molecular complexity index is 1080. The van der Waals surface area contributed by atoms with E-state index in [1.807, 2.05) is 50.4 Å². The number of imidazole rings is 1. The van der Waals surface area contributed by atoms with Crippen molar-refractivity contribution in [3.8, 4) is 33.9 Å². The normalized spacial score (nSPS) is 11.3. The average Bonchev–Trinajstić information content (AvgIpc) is 3.08. The van der Waals surface area contributed by atoms with Crippen LogP contribution >= 0.6 is 0 Å². The predicted molar refractivity (Wildman–Crippen MR) is 108 cm³/mol. The van der Waals surface area contributed by atoms with Crippen LogP contribution in [0.1, 0.15) is 19.5 Å². The monoisotopic (exact) mass is 358 g/mol. The standard InChI is InChI=1S/C23H22N2O2/c1-15(2)27-20-10-6-17(7-11-20)21-12-13-23-24-14-22(25(23)16(21)3)18-4-8-19(26)9-5-18/h4-15,26H,1-3H3. The molecule has 0 spiro atoms. The van der Waals surface area contributed by atoms with Gasteiger partial charge < -0.3 is 9.84 Å². The van der Waals surface area contributed by atoms with Crippen molar-refractivity contribution in [3.05, 3.63) is 72.6 Å².